The summed E-state index contributed by atoms with van der Waals surface area (Å²) in [6.07, 6.45) is -0.587. The van der Waals surface area contributed by atoms with Crippen molar-refractivity contribution in [3.63, 3.8) is 0 Å². The largest absolute Gasteiger partial charge is 0.366 e. The highest BCUT2D eigenvalue weighted by Crippen LogP contribution is 2.23. The van der Waals surface area contributed by atoms with Crippen LogP contribution < -0.4 is 11.5 Å². The zero-order valence-corrected chi connectivity index (χ0v) is 7.21. The topological polar surface area (TPSA) is 82.0 Å². The van der Waals surface area contributed by atoms with Crippen LogP contribution >= 0.6 is 0 Å². The maximum atomic E-state index is 12.4. The molecule has 76 valence electrons. The van der Waals surface area contributed by atoms with Crippen LogP contribution in [-0.4, -0.2) is 10.9 Å². The number of rotatable bonds is 3. The van der Waals surface area contributed by atoms with E-state index >= 15 is 0 Å². The van der Waals surface area contributed by atoms with Gasteiger partial charge in [0.1, 0.15) is 0 Å². The van der Waals surface area contributed by atoms with Crippen molar-refractivity contribution >= 4 is 5.91 Å². The summed E-state index contributed by atoms with van der Waals surface area (Å²) in [5.74, 6) is -0.805. The number of hydrogen-bond donors (Lipinski definition) is 2. The number of halogens is 2. The van der Waals surface area contributed by atoms with Gasteiger partial charge in [-0.1, -0.05) is 0 Å². The Morgan fingerprint density at radius 2 is 2.14 bits per heavy atom. The van der Waals surface area contributed by atoms with Gasteiger partial charge in [0.25, 0.3) is 12.3 Å². The average molecular weight is 201 g/mol. The van der Waals surface area contributed by atoms with Crippen LogP contribution in [0.4, 0.5) is 8.78 Å². The summed E-state index contributed by atoms with van der Waals surface area (Å²) in [6, 6.07) is 0. The predicted molar refractivity (Wildman–Crippen MR) is 45.6 cm³/mol. The van der Waals surface area contributed by atoms with E-state index in [4.69, 9.17) is 11.5 Å². The molecule has 0 saturated heterocycles. The monoisotopic (exact) mass is 201 g/mol. The molecule has 1 aromatic heterocycles. The predicted octanol–water partition coefficient (Wildman–Crippen LogP) is 0.577. The number of hydrogen-bond acceptors (Lipinski definition) is 3. The van der Waals surface area contributed by atoms with Crippen molar-refractivity contribution in [3.8, 4) is 0 Å². The summed E-state index contributed by atoms with van der Waals surface area (Å²) in [6.45, 7) is -0.166. The Morgan fingerprint density at radius 1 is 1.50 bits per heavy atom. The van der Waals surface area contributed by atoms with Crippen LogP contribution in [0, 0.1) is 0 Å². The van der Waals surface area contributed by atoms with E-state index in [0.717, 1.165) is 12.4 Å². The summed E-state index contributed by atoms with van der Waals surface area (Å²) in [5.41, 5.74) is 9.90. The van der Waals surface area contributed by atoms with E-state index in [1.165, 1.54) is 0 Å². The number of primary amides is 1. The Kier molecular flexibility index (Phi) is 3.08. The van der Waals surface area contributed by atoms with Gasteiger partial charge in [0.05, 0.1) is 5.56 Å². The molecule has 0 spiro atoms. The van der Waals surface area contributed by atoms with Crippen LogP contribution in [0.25, 0.3) is 0 Å². The third-order valence-electron chi connectivity index (χ3n) is 1.80. The fourth-order valence-corrected chi connectivity index (χ4v) is 1.13. The second-order valence-electron chi connectivity index (χ2n) is 2.62. The summed E-state index contributed by atoms with van der Waals surface area (Å²) in [5, 5.41) is 0. The number of carbonyl (C=O) groups excluding carboxylic acids is 1. The molecule has 0 unspecified atom stereocenters. The van der Waals surface area contributed by atoms with Crippen LogP contribution in [0.3, 0.4) is 0 Å². The lowest BCUT2D eigenvalue weighted by molar-refractivity contribution is 0.0998. The number of amides is 1. The van der Waals surface area contributed by atoms with Gasteiger partial charge in [-0.25, -0.2) is 8.78 Å². The average Bonchev–Trinajstić information content (AvgIpc) is 2.16. The molecule has 0 radical (unpaired) electrons. The summed E-state index contributed by atoms with van der Waals surface area (Å²) >= 11 is 0. The Balaban J connectivity index is 3.32. The van der Waals surface area contributed by atoms with E-state index in [9.17, 15) is 13.6 Å². The van der Waals surface area contributed by atoms with Crippen LogP contribution in [0.2, 0.25) is 0 Å². The summed E-state index contributed by atoms with van der Waals surface area (Å²) in [4.78, 5) is 14.3. The van der Waals surface area contributed by atoms with Crippen molar-refractivity contribution in [2.75, 3.05) is 0 Å². The normalized spacial score (nSPS) is 10.6. The van der Waals surface area contributed by atoms with Crippen molar-refractivity contribution in [2.24, 2.45) is 11.5 Å². The molecular weight excluding hydrogens is 192 g/mol. The first-order valence-corrected chi connectivity index (χ1v) is 3.82. The van der Waals surface area contributed by atoms with Gasteiger partial charge in [0.2, 0.25) is 0 Å². The molecule has 4 nitrogen and oxygen atoms in total. The quantitative estimate of drug-likeness (QED) is 0.750. The summed E-state index contributed by atoms with van der Waals surface area (Å²) < 4.78 is 24.8. The minimum Gasteiger partial charge on any atom is -0.366 e. The Hall–Kier alpha value is -1.56. The molecule has 14 heavy (non-hydrogen) atoms. The van der Waals surface area contributed by atoms with Gasteiger partial charge >= 0.3 is 0 Å². The van der Waals surface area contributed by atoms with E-state index in [1.54, 1.807) is 0 Å². The van der Waals surface area contributed by atoms with Crippen molar-refractivity contribution in [2.45, 2.75) is 13.0 Å². The second-order valence-corrected chi connectivity index (χ2v) is 2.62. The molecule has 6 heteroatoms. The smallest absolute Gasteiger partial charge is 0.265 e. The first-order chi connectivity index (χ1) is 6.57. The van der Waals surface area contributed by atoms with Crippen LogP contribution in [-0.2, 0) is 6.54 Å². The number of carbonyl (C=O) groups is 1. The van der Waals surface area contributed by atoms with Crippen molar-refractivity contribution < 1.29 is 13.6 Å². The number of aromatic nitrogens is 1. The third-order valence-corrected chi connectivity index (χ3v) is 1.80. The highest BCUT2D eigenvalue weighted by molar-refractivity contribution is 5.94. The number of nitrogens with two attached hydrogens (primary N) is 2. The highest BCUT2D eigenvalue weighted by Gasteiger charge is 2.17. The van der Waals surface area contributed by atoms with Crippen molar-refractivity contribution in [1.82, 2.24) is 4.98 Å². The first-order valence-electron chi connectivity index (χ1n) is 3.82. The zero-order valence-electron chi connectivity index (χ0n) is 7.21. The molecule has 0 fully saturated rings. The Morgan fingerprint density at radius 3 is 2.57 bits per heavy atom. The maximum Gasteiger partial charge on any atom is 0.265 e. The summed E-state index contributed by atoms with van der Waals surface area (Å²) in [7, 11) is 0. The standard InChI is InChI=1S/C8H9F2N3O/c9-7(10)5-2-13-3-6(8(12)14)4(5)1-11/h2-3,7H,1,11H2,(H2,12,14). The van der Waals surface area contributed by atoms with Crippen LogP contribution in [0.5, 0.6) is 0 Å². The fraction of sp³-hybridized carbons (Fsp3) is 0.250. The fourth-order valence-electron chi connectivity index (χ4n) is 1.13. The van der Waals surface area contributed by atoms with Gasteiger partial charge < -0.3 is 11.5 Å². The molecule has 0 aliphatic rings. The van der Waals surface area contributed by atoms with Gasteiger partial charge in [-0.3, -0.25) is 9.78 Å². The minimum absolute atomic E-state index is 0.0506. The van der Waals surface area contributed by atoms with Gasteiger partial charge in [-0.05, 0) is 5.56 Å². The molecule has 1 heterocycles. The molecule has 1 rings (SSSR count). The minimum atomic E-state index is -2.71. The molecule has 0 aromatic carbocycles. The van der Waals surface area contributed by atoms with Crippen molar-refractivity contribution in [1.29, 1.82) is 0 Å². The molecule has 1 aromatic rings. The molecule has 0 atom stereocenters. The molecule has 0 aliphatic carbocycles. The zero-order chi connectivity index (χ0) is 10.7. The first kappa shape index (κ1) is 10.5. The Labute approximate surface area is 78.9 Å². The van der Waals surface area contributed by atoms with Crippen LogP contribution in [0.15, 0.2) is 12.4 Å². The number of nitrogens with zero attached hydrogens (tertiary/aromatic N) is 1. The lowest BCUT2D eigenvalue weighted by Gasteiger charge is -2.09. The van der Waals surface area contributed by atoms with E-state index < -0.39 is 12.3 Å². The van der Waals surface area contributed by atoms with Gasteiger partial charge in [-0.15, -0.1) is 0 Å². The van der Waals surface area contributed by atoms with Gasteiger partial charge in [0, 0.05) is 24.5 Å². The highest BCUT2D eigenvalue weighted by atomic mass is 19.3. The molecule has 0 aliphatic heterocycles. The van der Waals surface area contributed by atoms with Crippen molar-refractivity contribution in [3.05, 3.63) is 29.1 Å². The number of alkyl halides is 2. The SMILES string of the molecule is NCc1c(C(N)=O)cncc1C(F)F. The number of pyridine rings is 1. The van der Waals surface area contributed by atoms with Gasteiger partial charge in [0.15, 0.2) is 0 Å². The van der Waals surface area contributed by atoms with E-state index in [2.05, 4.69) is 4.98 Å². The van der Waals surface area contributed by atoms with E-state index in [-0.39, 0.29) is 23.2 Å². The Bertz CT molecular complexity index is 354. The van der Waals surface area contributed by atoms with E-state index in [0.29, 0.717) is 0 Å². The second kappa shape index (κ2) is 4.10. The third kappa shape index (κ3) is 1.85. The molecule has 0 saturated carbocycles. The van der Waals surface area contributed by atoms with Crippen LogP contribution in [0.1, 0.15) is 27.9 Å². The lowest BCUT2D eigenvalue weighted by atomic mass is 10.0. The van der Waals surface area contributed by atoms with Gasteiger partial charge in [-0.2, -0.15) is 0 Å². The molecule has 0 bridgehead atoms. The lowest BCUT2D eigenvalue weighted by Crippen LogP contribution is -2.17. The van der Waals surface area contributed by atoms with E-state index in [1.807, 2.05) is 0 Å². The molecule has 1 amide bonds. The maximum absolute atomic E-state index is 12.4. The molecular formula is C8H9F2N3O. The molecule has 4 N–H and O–H groups in total.